The van der Waals surface area contributed by atoms with Crippen molar-refractivity contribution in [2.45, 2.75) is 31.1 Å². The maximum absolute atomic E-state index is 5.36. The van der Waals surface area contributed by atoms with Crippen LogP contribution in [-0.2, 0) is 5.41 Å². The summed E-state index contributed by atoms with van der Waals surface area (Å²) in [5.41, 5.74) is 9.95. The Kier molecular flexibility index (Phi) is 5.28. The van der Waals surface area contributed by atoms with Crippen molar-refractivity contribution in [1.29, 1.82) is 0 Å². The van der Waals surface area contributed by atoms with E-state index < -0.39 is 0 Å². The highest BCUT2D eigenvalue weighted by Gasteiger charge is 2.12. The normalized spacial score (nSPS) is 11.8. The summed E-state index contributed by atoms with van der Waals surface area (Å²) in [7, 11) is 0. The topological polar surface area (TPSA) is 50.1 Å². The zero-order chi connectivity index (χ0) is 12.0. The average molecular weight is 239 g/mol. The van der Waals surface area contributed by atoms with Gasteiger partial charge in [-0.05, 0) is 35.1 Å². The molecule has 0 amide bonds. The average Bonchev–Trinajstić information content (AvgIpc) is 2.24. The first-order chi connectivity index (χ1) is 7.54. The molecule has 0 aliphatic rings. The highest BCUT2D eigenvalue weighted by Crippen LogP contribution is 2.24. The fourth-order valence-electron chi connectivity index (χ4n) is 1.24. The molecular formula is C12H21N3S. The Morgan fingerprint density at radius 2 is 1.81 bits per heavy atom. The van der Waals surface area contributed by atoms with Gasteiger partial charge in [-0.1, -0.05) is 32.9 Å². The second kappa shape index (κ2) is 6.25. The van der Waals surface area contributed by atoms with Crippen molar-refractivity contribution in [3.63, 3.8) is 0 Å². The van der Waals surface area contributed by atoms with E-state index in [-0.39, 0.29) is 5.41 Å². The summed E-state index contributed by atoms with van der Waals surface area (Å²) < 4.78 is 0. The van der Waals surface area contributed by atoms with Crippen LogP contribution in [0.5, 0.6) is 0 Å². The van der Waals surface area contributed by atoms with Gasteiger partial charge in [-0.25, -0.2) is 5.43 Å². The Labute approximate surface area is 102 Å². The number of hydrogen-bond acceptors (Lipinski definition) is 4. The van der Waals surface area contributed by atoms with Crippen LogP contribution in [0.25, 0.3) is 0 Å². The molecule has 0 spiro atoms. The molecule has 16 heavy (non-hydrogen) atoms. The molecule has 0 heterocycles. The van der Waals surface area contributed by atoms with Crippen LogP contribution in [0.4, 0.5) is 0 Å². The van der Waals surface area contributed by atoms with Gasteiger partial charge in [0.1, 0.15) is 0 Å². The van der Waals surface area contributed by atoms with E-state index in [9.17, 15) is 0 Å². The van der Waals surface area contributed by atoms with E-state index in [1.165, 1.54) is 10.5 Å². The number of hydrogen-bond donors (Lipinski definition) is 3. The van der Waals surface area contributed by atoms with E-state index in [2.05, 4.69) is 55.3 Å². The van der Waals surface area contributed by atoms with E-state index in [1.54, 1.807) is 11.9 Å². The van der Waals surface area contributed by atoms with Crippen LogP contribution in [0.1, 0.15) is 26.3 Å². The van der Waals surface area contributed by atoms with Crippen molar-refractivity contribution in [2.75, 3.05) is 13.1 Å². The Hall–Kier alpha value is -0.550. The van der Waals surface area contributed by atoms with Crippen molar-refractivity contribution in [2.24, 2.45) is 5.73 Å². The van der Waals surface area contributed by atoms with Gasteiger partial charge in [0.05, 0.1) is 0 Å². The lowest BCUT2D eigenvalue weighted by Crippen LogP contribution is -2.30. The first-order valence-electron chi connectivity index (χ1n) is 5.49. The molecule has 0 aromatic heterocycles. The molecule has 1 aromatic rings. The minimum atomic E-state index is 0.217. The lowest BCUT2D eigenvalue weighted by molar-refractivity contribution is 0.589. The number of benzene rings is 1. The Bertz CT molecular complexity index is 303. The van der Waals surface area contributed by atoms with E-state index in [0.29, 0.717) is 6.54 Å². The van der Waals surface area contributed by atoms with Crippen LogP contribution in [-0.4, -0.2) is 13.1 Å². The van der Waals surface area contributed by atoms with Crippen LogP contribution in [0, 0.1) is 0 Å². The zero-order valence-corrected chi connectivity index (χ0v) is 11.0. The lowest BCUT2D eigenvalue weighted by atomic mass is 9.87. The minimum Gasteiger partial charge on any atom is -0.329 e. The molecular weight excluding hydrogens is 218 g/mol. The molecule has 1 aromatic carbocycles. The smallest absolute Gasteiger partial charge is 0.0240 e. The van der Waals surface area contributed by atoms with Gasteiger partial charge < -0.3 is 5.73 Å². The second-order valence-corrected chi connectivity index (χ2v) is 5.57. The zero-order valence-electron chi connectivity index (χ0n) is 10.2. The quantitative estimate of drug-likeness (QED) is 0.418. The first-order valence-corrected chi connectivity index (χ1v) is 6.31. The van der Waals surface area contributed by atoms with Crippen molar-refractivity contribution in [1.82, 2.24) is 10.3 Å². The molecule has 0 unspecified atom stereocenters. The molecule has 0 fully saturated rings. The van der Waals surface area contributed by atoms with Gasteiger partial charge in [-0.15, -0.1) is 0 Å². The summed E-state index contributed by atoms with van der Waals surface area (Å²) in [4.78, 5) is 4.24. The monoisotopic (exact) mass is 239 g/mol. The molecule has 4 N–H and O–H groups in total. The number of rotatable bonds is 5. The molecule has 0 bridgehead atoms. The fraction of sp³-hybridized carbons (Fsp3) is 0.500. The van der Waals surface area contributed by atoms with Crippen molar-refractivity contribution < 1.29 is 0 Å². The Morgan fingerprint density at radius 3 is 2.31 bits per heavy atom. The van der Waals surface area contributed by atoms with Gasteiger partial charge in [0.25, 0.3) is 0 Å². The van der Waals surface area contributed by atoms with Crippen LogP contribution >= 0.6 is 11.9 Å². The third-order valence-electron chi connectivity index (χ3n) is 2.23. The van der Waals surface area contributed by atoms with Gasteiger partial charge in [-0.3, -0.25) is 0 Å². The molecule has 0 atom stereocenters. The van der Waals surface area contributed by atoms with Crippen LogP contribution in [0.15, 0.2) is 29.2 Å². The molecule has 4 heteroatoms. The summed E-state index contributed by atoms with van der Waals surface area (Å²) >= 11 is 1.56. The summed E-state index contributed by atoms with van der Waals surface area (Å²) in [5, 5.41) is 0. The predicted octanol–water partition coefficient (Wildman–Crippen LogP) is 2.04. The third-order valence-corrected chi connectivity index (χ3v) is 2.98. The maximum atomic E-state index is 5.36. The van der Waals surface area contributed by atoms with Crippen molar-refractivity contribution in [3.05, 3.63) is 29.8 Å². The highest BCUT2D eigenvalue weighted by molar-refractivity contribution is 7.97. The molecule has 3 nitrogen and oxygen atoms in total. The van der Waals surface area contributed by atoms with Crippen LogP contribution in [0.2, 0.25) is 0 Å². The molecule has 0 aliphatic heterocycles. The standard InChI is InChI=1S/C12H21N3S/c1-12(2,3)10-4-6-11(7-5-10)16-15-14-9-8-13/h4-7,14-15H,8-9,13H2,1-3H3. The molecule has 0 saturated carbocycles. The van der Waals surface area contributed by atoms with Gasteiger partial charge in [0.15, 0.2) is 0 Å². The first kappa shape index (κ1) is 13.5. The summed E-state index contributed by atoms with van der Waals surface area (Å²) in [6, 6.07) is 8.60. The minimum absolute atomic E-state index is 0.217. The number of nitrogens with one attached hydrogen (secondary N) is 2. The lowest BCUT2D eigenvalue weighted by Gasteiger charge is -2.19. The SMILES string of the molecule is CC(C)(C)c1ccc(SNNCCN)cc1. The van der Waals surface area contributed by atoms with E-state index in [0.717, 1.165) is 6.54 Å². The molecule has 0 saturated heterocycles. The van der Waals surface area contributed by atoms with Crippen LogP contribution in [0.3, 0.4) is 0 Å². The summed E-state index contributed by atoms with van der Waals surface area (Å²) in [5.74, 6) is 0. The van der Waals surface area contributed by atoms with Crippen molar-refractivity contribution in [3.8, 4) is 0 Å². The third kappa shape index (κ3) is 4.53. The van der Waals surface area contributed by atoms with Crippen LogP contribution < -0.4 is 16.0 Å². The number of hydrazine groups is 1. The van der Waals surface area contributed by atoms with Crippen molar-refractivity contribution >= 4 is 11.9 Å². The molecule has 0 radical (unpaired) electrons. The molecule has 0 aliphatic carbocycles. The largest absolute Gasteiger partial charge is 0.329 e. The van der Waals surface area contributed by atoms with Gasteiger partial charge in [-0.2, -0.15) is 4.83 Å². The van der Waals surface area contributed by atoms with E-state index in [1.807, 2.05) is 0 Å². The fourth-order valence-corrected chi connectivity index (χ4v) is 1.81. The van der Waals surface area contributed by atoms with Gasteiger partial charge in [0, 0.05) is 18.0 Å². The van der Waals surface area contributed by atoms with E-state index in [4.69, 9.17) is 5.73 Å². The van der Waals surface area contributed by atoms with Gasteiger partial charge >= 0.3 is 0 Å². The predicted molar refractivity (Wildman–Crippen MR) is 71.2 cm³/mol. The second-order valence-electron chi connectivity index (χ2n) is 4.69. The Balaban J connectivity index is 2.46. The number of nitrogens with two attached hydrogens (primary N) is 1. The summed E-state index contributed by atoms with van der Waals surface area (Å²) in [6.07, 6.45) is 0. The van der Waals surface area contributed by atoms with Gasteiger partial charge in [0.2, 0.25) is 0 Å². The highest BCUT2D eigenvalue weighted by atomic mass is 32.2. The molecule has 1 rings (SSSR count). The maximum Gasteiger partial charge on any atom is 0.0240 e. The van der Waals surface area contributed by atoms with E-state index >= 15 is 0 Å². The Morgan fingerprint density at radius 1 is 1.19 bits per heavy atom. The molecule has 90 valence electrons. The summed E-state index contributed by atoms with van der Waals surface area (Å²) in [6.45, 7) is 8.06.